The highest BCUT2D eigenvalue weighted by Crippen LogP contribution is 2.29. The van der Waals surface area contributed by atoms with Crippen molar-refractivity contribution in [3.8, 4) is 11.5 Å². The number of para-hydroxylation sites is 1. The molecule has 1 N–H and O–H groups in total. The highest BCUT2D eigenvalue weighted by Gasteiger charge is 2.16. The minimum absolute atomic E-state index is 0.262. The Morgan fingerprint density at radius 3 is 2.27 bits per heavy atom. The van der Waals surface area contributed by atoms with Gasteiger partial charge in [-0.25, -0.2) is 4.79 Å². The topological polar surface area (TPSA) is 73.9 Å². The van der Waals surface area contributed by atoms with Crippen molar-refractivity contribution < 1.29 is 23.8 Å². The van der Waals surface area contributed by atoms with E-state index >= 15 is 0 Å². The Morgan fingerprint density at radius 2 is 1.58 bits per heavy atom. The summed E-state index contributed by atoms with van der Waals surface area (Å²) < 4.78 is 16.1. The molecule has 0 saturated heterocycles. The minimum Gasteiger partial charge on any atom is -0.490 e. The molecule has 1 amide bonds. The zero-order chi connectivity index (χ0) is 18.9. The molecule has 0 saturated carbocycles. The number of anilines is 1. The molecule has 0 radical (unpaired) electrons. The summed E-state index contributed by atoms with van der Waals surface area (Å²) in [6, 6.07) is 11.7. The van der Waals surface area contributed by atoms with Crippen LogP contribution in [0.5, 0.6) is 11.5 Å². The SMILES string of the molecule is CCOC(=O)c1ccccc1NC(=O)c1ccc(OCC)c(OCC)c1. The van der Waals surface area contributed by atoms with Crippen LogP contribution < -0.4 is 14.8 Å². The average molecular weight is 357 g/mol. The van der Waals surface area contributed by atoms with E-state index in [-0.39, 0.29) is 12.5 Å². The number of rotatable bonds is 8. The maximum absolute atomic E-state index is 12.6. The Balaban J connectivity index is 2.25. The van der Waals surface area contributed by atoms with E-state index in [1.165, 1.54) is 0 Å². The molecule has 2 aromatic carbocycles. The molecule has 2 aromatic rings. The van der Waals surface area contributed by atoms with Crippen molar-refractivity contribution in [1.82, 2.24) is 0 Å². The van der Waals surface area contributed by atoms with E-state index in [1.807, 2.05) is 13.8 Å². The standard InChI is InChI=1S/C20H23NO5/c1-4-24-17-12-11-14(13-18(17)25-5-2)19(22)21-16-10-8-7-9-15(16)20(23)26-6-3/h7-13H,4-6H2,1-3H3,(H,21,22). The monoisotopic (exact) mass is 357 g/mol. The molecule has 0 fully saturated rings. The number of hydrogen-bond donors (Lipinski definition) is 1. The third kappa shape index (κ3) is 4.75. The molecule has 138 valence electrons. The lowest BCUT2D eigenvalue weighted by Gasteiger charge is -2.13. The molecule has 0 atom stereocenters. The van der Waals surface area contributed by atoms with Crippen molar-refractivity contribution in [2.75, 3.05) is 25.1 Å². The normalized spacial score (nSPS) is 10.1. The number of carbonyl (C=O) groups excluding carboxylic acids is 2. The zero-order valence-corrected chi connectivity index (χ0v) is 15.2. The fraction of sp³-hybridized carbons (Fsp3) is 0.300. The molecular formula is C20H23NO5. The van der Waals surface area contributed by atoms with E-state index in [0.717, 1.165) is 0 Å². The Morgan fingerprint density at radius 1 is 0.885 bits per heavy atom. The zero-order valence-electron chi connectivity index (χ0n) is 15.2. The van der Waals surface area contributed by atoms with Crippen molar-refractivity contribution in [1.29, 1.82) is 0 Å². The van der Waals surface area contributed by atoms with Crippen LogP contribution in [0, 0.1) is 0 Å². The number of nitrogens with one attached hydrogen (secondary N) is 1. The van der Waals surface area contributed by atoms with Crippen molar-refractivity contribution in [2.45, 2.75) is 20.8 Å². The van der Waals surface area contributed by atoms with Crippen molar-refractivity contribution in [2.24, 2.45) is 0 Å². The summed E-state index contributed by atoms with van der Waals surface area (Å²) in [4.78, 5) is 24.6. The van der Waals surface area contributed by atoms with Crippen molar-refractivity contribution in [3.05, 3.63) is 53.6 Å². The summed E-state index contributed by atoms with van der Waals surface area (Å²) in [6.07, 6.45) is 0. The van der Waals surface area contributed by atoms with E-state index in [1.54, 1.807) is 49.4 Å². The van der Waals surface area contributed by atoms with Gasteiger partial charge >= 0.3 is 5.97 Å². The van der Waals surface area contributed by atoms with Crippen LogP contribution >= 0.6 is 0 Å². The van der Waals surface area contributed by atoms with Gasteiger partial charge in [0, 0.05) is 5.56 Å². The molecule has 26 heavy (non-hydrogen) atoms. The van der Waals surface area contributed by atoms with Crippen LogP contribution in [0.4, 0.5) is 5.69 Å². The summed E-state index contributed by atoms with van der Waals surface area (Å²) in [5, 5.41) is 2.75. The van der Waals surface area contributed by atoms with Gasteiger partial charge in [-0.3, -0.25) is 4.79 Å². The molecule has 2 rings (SSSR count). The van der Waals surface area contributed by atoms with Gasteiger partial charge in [0.05, 0.1) is 31.1 Å². The fourth-order valence-electron chi connectivity index (χ4n) is 2.37. The van der Waals surface area contributed by atoms with Crippen LogP contribution in [0.3, 0.4) is 0 Å². The molecule has 0 aliphatic rings. The van der Waals surface area contributed by atoms with E-state index in [4.69, 9.17) is 14.2 Å². The highest BCUT2D eigenvalue weighted by molar-refractivity contribution is 6.08. The number of ether oxygens (including phenoxy) is 3. The van der Waals surface area contributed by atoms with Gasteiger partial charge in [-0.2, -0.15) is 0 Å². The second kappa shape index (κ2) is 9.46. The summed E-state index contributed by atoms with van der Waals surface area (Å²) in [6.45, 7) is 6.68. The van der Waals surface area contributed by atoms with E-state index in [9.17, 15) is 9.59 Å². The summed E-state index contributed by atoms with van der Waals surface area (Å²) in [7, 11) is 0. The molecule has 0 bridgehead atoms. The number of amides is 1. The first-order valence-corrected chi connectivity index (χ1v) is 8.57. The largest absolute Gasteiger partial charge is 0.490 e. The molecule has 0 heterocycles. The lowest BCUT2D eigenvalue weighted by molar-refractivity contribution is 0.0527. The van der Waals surface area contributed by atoms with Crippen LogP contribution in [-0.2, 0) is 4.74 Å². The van der Waals surface area contributed by atoms with Crippen LogP contribution in [0.15, 0.2) is 42.5 Å². The van der Waals surface area contributed by atoms with Gasteiger partial charge in [0.25, 0.3) is 5.91 Å². The number of benzene rings is 2. The van der Waals surface area contributed by atoms with Gasteiger partial charge in [-0.1, -0.05) is 12.1 Å². The molecular weight excluding hydrogens is 334 g/mol. The maximum atomic E-state index is 12.6. The van der Waals surface area contributed by atoms with E-state index < -0.39 is 5.97 Å². The average Bonchev–Trinajstić information content (AvgIpc) is 2.64. The van der Waals surface area contributed by atoms with Crippen molar-refractivity contribution in [3.63, 3.8) is 0 Å². The van der Waals surface area contributed by atoms with Crippen LogP contribution in [-0.4, -0.2) is 31.7 Å². The number of hydrogen-bond acceptors (Lipinski definition) is 5. The van der Waals surface area contributed by atoms with Gasteiger partial charge in [-0.15, -0.1) is 0 Å². The van der Waals surface area contributed by atoms with Crippen LogP contribution in [0.2, 0.25) is 0 Å². The highest BCUT2D eigenvalue weighted by atomic mass is 16.5. The predicted octanol–water partition coefficient (Wildman–Crippen LogP) is 3.91. The van der Waals surface area contributed by atoms with Gasteiger partial charge in [0.15, 0.2) is 11.5 Å². The van der Waals surface area contributed by atoms with Crippen molar-refractivity contribution >= 4 is 17.6 Å². The first kappa shape index (κ1) is 19.3. The smallest absolute Gasteiger partial charge is 0.340 e. The Labute approximate surface area is 153 Å². The first-order chi connectivity index (χ1) is 12.6. The first-order valence-electron chi connectivity index (χ1n) is 8.57. The summed E-state index contributed by atoms with van der Waals surface area (Å²) in [5.41, 5.74) is 1.09. The van der Waals surface area contributed by atoms with E-state index in [0.29, 0.717) is 41.5 Å². The Hall–Kier alpha value is -3.02. The lowest BCUT2D eigenvalue weighted by atomic mass is 10.1. The molecule has 0 aromatic heterocycles. The second-order valence-corrected chi connectivity index (χ2v) is 5.25. The maximum Gasteiger partial charge on any atom is 0.340 e. The molecule has 0 aliphatic carbocycles. The fourth-order valence-corrected chi connectivity index (χ4v) is 2.37. The lowest BCUT2D eigenvalue weighted by Crippen LogP contribution is -2.16. The van der Waals surface area contributed by atoms with Gasteiger partial charge in [0.2, 0.25) is 0 Å². The second-order valence-electron chi connectivity index (χ2n) is 5.25. The summed E-state index contributed by atoms with van der Waals surface area (Å²) >= 11 is 0. The molecule has 6 nitrogen and oxygen atoms in total. The quantitative estimate of drug-likeness (QED) is 0.725. The molecule has 0 spiro atoms. The van der Waals surface area contributed by atoms with Gasteiger partial charge < -0.3 is 19.5 Å². The minimum atomic E-state index is -0.481. The van der Waals surface area contributed by atoms with Gasteiger partial charge in [0.1, 0.15) is 0 Å². The number of carbonyl (C=O) groups is 2. The van der Waals surface area contributed by atoms with Gasteiger partial charge in [-0.05, 0) is 51.1 Å². The number of esters is 1. The summed E-state index contributed by atoms with van der Waals surface area (Å²) in [5.74, 6) is 0.245. The molecule has 0 unspecified atom stereocenters. The predicted molar refractivity (Wildman–Crippen MR) is 99.1 cm³/mol. The van der Waals surface area contributed by atoms with Crippen LogP contribution in [0.25, 0.3) is 0 Å². The van der Waals surface area contributed by atoms with Crippen LogP contribution in [0.1, 0.15) is 41.5 Å². The Kier molecular flexibility index (Phi) is 7.02. The Bertz CT molecular complexity index is 773. The third-order valence-corrected chi connectivity index (χ3v) is 3.48. The molecule has 0 aliphatic heterocycles. The third-order valence-electron chi connectivity index (χ3n) is 3.48. The van der Waals surface area contributed by atoms with E-state index in [2.05, 4.69) is 5.32 Å². The molecule has 6 heteroatoms.